The van der Waals surface area contributed by atoms with Crippen molar-refractivity contribution in [3.05, 3.63) is 39.3 Å². The van der Waals surface area contributed by atoms with E-state index in [4.69, 9.17) is 16.9 Å². The van der Waals surface area contributed by atoms with Crippen LogP contribution in [0.1, 0.15) is 10.4 Å². The van der Waals surface area contributed by atoms with Crippen molar-refractivity contribution in [3.8, 4) is 6.07 Å². The molecule has 128 valence electrons. The molecule has 1 N–H and O–H groups in total. The average molecular weight is 400 g/mol. The number of hydrogen-bond acceptors (Lipinski definition) is 5. The van der Waals surface area contributed by atoms with Crippen molar-refractivity contribution in [2.45, 2.75) is 22.9 Å². The van der Waals surface area contributed by atoms with E-state index in [0.717, 1.165) is 6.07 Å². The number of anilines is 1. The molecule has 2 aromatic rings. The van der Waals surface area contributed by atoms with Gasteiger partial charge in [0, 0.05) is 16.0 Å². The number of rotatable bonds is 5. The van der Waals surface area contributed by atoms with Gasteiger partial charge in [0.2, 0.25) is 0 Å². The molecule has 11 heteroatoms. The Kier molecular flexibility index (Phi) is 5.57. The van der Waals surface area contributed by atoms with E-state index in [1.54, 1.807) is 6.07 Å². The van der Waals surface area contributed by atoms with Gasteiger partial charge in [-0.15, -0.1) is 11.3 Å². The Bertz CT molecular complexity index is 770. The smallest absolute Gasteiger partial charge is 0.379 e. The van der Waals surface area contributed by atoms with Crippen molar-refractivity contribution in [2.75, 3.05) is 5.32 Å². The van der Waals surface area contributed by atoms with E-state index >= 15 is 0 Å². The standard InChI is InChI=1S/C13H7ClF5N3S2/c14-11-22-6-7(23-11)5-21-9-2-1-3-10(8(9)4-20)24-13(18,19)12(15,16)17/h1-3,6,21H,5H2. The highest BCUT2D eigenvalue weighted by atomic mass is 35.5. The Labute approximate surface area is 146 Å². The van der Waals surface area contributed by atoms with Crippen molar-refractivity contribution in [1.82, 2.24) is 4.98 Å². The van der Waals surface area contributed by atoms with E-state index in [9.17, 15) is 22.0 Å². The number of alkyl halides is 5. The van der Waals surface area contributed by atoms with E-state index in [1.165, 1.54) is 29.7 Å². The van der Waals surface area contributed by atoms with Crippen LogP contribution in [-0.4, -0.2) is 16.4 Å². The number of halogens is 6. The van der Waals surface area contributed by atoms with Gasteiger partial charge in [0.05, 0.1) is 17.8 Å². The van der Waals surface area contributed by atoms with Crippen LogP contribution in [-0.2, 0) is 6.54 Å². The minimum atomic E-state index is -5.72. The highest BCUT2D eigenvalue weighted by Gasteiger charge is 2.58. The lowest BCUT2D eigenvalue weighted by Crippen LogP contribution is -2.32. The number of thiazole rings is 1. The van der Waals surface area contributed by atoms with Crippen molar-refractivity contribution in [2.24, 2.45) is 0 Å². The molecule has 24 heavy (non-hydrogen) atoms. The second-order valence-corrected chi connectivity index (χ2v) is 7.19. The zero-order valence-electron chi connectivity index (χ0n) is 11.5. The summed E-state index contributed by atoms with van der Waals surface area (Å²) in [4.78, 5) is 4.06. The van der Waals surface area contributed by atoms with Gasteiger partial charge in [-0.25, -0.2) is 4.98 Å². The largest absolute Gasteiger partial charge is 0.464 e. The van der Waals surface area contributed by atoms with Crippen LogP contribution in [0.4, 0.5) is 27.6 Å². The van der Waals surface area contributed by atoms with E-state index in [0.29, 0.717) is 9.34 Å². The number of benzene rings is 1. The van der Waals surface area contributed by atoms with Crippen molar-refractivity contribution in [1.29, 1.82) is 5.26 Å². The molecule has 0 amide bonds. The molecule has 0 spiro atoms. The maximum atomic E-state index is 13.2. The number of nitrogens with one attached hydrogen (secondary N) is 1. The third-order valence-corrected chi connectivity index (χ3v) is 4.85. The molecule has 0 fully saturated rings. The molecule has 0 aliphatic heterocycles. The number of thioether (sulfide) groups is 1. The van der Waals surface area contributed by atoms with Gasteiger partial charge in [-0.05, 0) is 23.9 Å². The lowest BCUT2D eigenvalue weighted by atomic mass is 10.2. The van der Waals surface area contributed by atoms with Crippen LogP contribution in [0.15, 0.2) is 29.3 Å². The summed E-state index contributed by atoms with van der Waals surface area (Å²) in [5.41, 5.74) is -0.146. The summed E-state index contributed by atoms with van der Waals surface area (Å²) in [7, 11) is 0. The summed E-state index contributed by atoms with van der Waals surface area (Å²) in [6.07, 6.45) is -4.23. The molecule has 0 atom stereocenters. The third-order valence-electron chi connectivity index (χ3n) is 2.68. The van der Waals surface area contributed by atoms with Crippen molar-refractivity contribution in [3.63, 3.8) is 0 Å². The Morgan fingerprint density at radius 3 is 2.54 bits per heavy atom. The quantitative estimate of drug-likeness (QED) is 0.530. The molecule has 1 heterocycles. The van der Waals surface area contributed by atoms with Gasteiger partial charge in [0.1, 0.15) is 6.07 Å². The molecule has 0 unspecified atom stereocenters. The summed E-state index contributed by atoms with van der Waals surface area (Å²) in [6.45, 7) is 0.197. The minimum absolute atomic E-state index is 0.144. The molecule has 3 nitrogen and oxygen atoms in total. The molecule has 1 aromatic carbocycles. The Morgan fingerprint density at radius 2 is 2.00 bits per heavy atom. The Morgan fingerprint density at radius 1 is 1.29 bits per heavy atom. The number of hydrogen-bond donors (Lipinski definition) is 1. The highest BCUT2D eigenvalue weighted by Crippen LogP contribution is 2.48. The lowest BCUT2D eigenvalue weighted by molar-refractivity contribution is -0.237. The van der Waals surface area contributed by atoms with Gasteiger partial charge in [-0.2, -0.15) is 27.2 Å². The summed E-state index contributed by atoms with van der Waals surface area (Å²) < 4.78 is 63.7. The van der Waals surface area contributed by atoms with Crippen LogP contribution in [0, 0.1) is 11.3 Å². The minimum Gasteiger partial charge on any atom is -0.379 e. The maximum Gasteiger partial charge on any atom is 0.464 e. The Balaban J connectivity index is 2.24. The molecule has 0 aliphatic carbocycles. The van der Waals surface area contributed by atoms with Crippen molar-refractivity contribution >= 4 is 40.4 Å². The van der Waals surface area contributed by atoms with Gasteiger partial charge < -0.3 is 5.32 Å². The van der Waals surface area contributed by atoms with Crippen LogP contribution in [0.25, 0.3) is 0 Å². The fourth-order valence-corrected chi connectivity index (χ4v) is 3.34. The number of nitriles is 1. The SMILES string of the molecule is N#Cc1c(NCc2cnc(Cl)s2)cccc1SC(F)(F)C(F)(F)F. The van der Waals surface area contributed by atoms with Gasteiger partial charge in [0.25, 0.3) is 0 Å². The zero-order valence-corrected chi connectivity index (χ0v) is 13.9. The predicted molar refractivity (Wildman–Crippen MR) is 82.5 cm³/mol. The van der Waals surface area contributed by atoms with E-state index in [1.807, 2.05) is 0 Å². The van der Waals surface area contributed by atoms with Gasteiger partial charge in [-0.1, -0.05) is 17.7 Å². The molecule has 2 rings (SSSR count). The second kappa shape index (κ2) is 7.13. The summed E-state index contributed by atoms with van der Waals surface area (Å²) >= 11 is 6.14. The first-order valence-corrected chi connectivity index (χ1v) is 8.16. The molecule has 0 saturated heterocycles. The Hall–Kier alpha value is -1.57. The summed E-state index contributed by atoms with van der Waals surface area (Å²) in [6, 6.07) is 5.40. The molecular formula is C13H7ClF5N3S2. The fraction of sp³-hybridized carbons (Fsp3) is 0.231. The van der Waals surface area contributed by atoms with Crippen LogP contribution >= 0.6 is 34.7 Å². The first kappa shape index (κ1) is 18.8. The molecule has 0 radical (unpaired) electrons. The first-order chi connectivity index (χ1) is 11.1. The maximum absolute atomic E-state index is 13.2. The van der Waals surface area contributed by atoms with Crippen molar-refractivity contribution < 1.29 is 22.0 Å². The zero-order chi connectivity index (χ0) is 18.0. The lowest BCUT2D eigenvalue weighted by Gasteiger charge is -2.20. The highest BCUT2D eigenvalue weighted by molar-refractivity contribution is 8.00. The molecule has 1 aromatic heterocycles. The normalized spacial score (nSPS) is 12.0. The van der Waals surface area contributed by atoms with Gasteiger partial charge >= 0.3 is 11.4 Å². The van der Waals surface area contributed by atoms with Gasteiger partial charge in [0.15, 0.2) is 4.47 Å². The van der Waals surface area contributed by atoms with E-state index in [2.05, 4.69) is 10.3 Å². The first-order valence-electron chi connectivity index (χ1n) is 6.15. The predicted octanol–water partition coefficient (Wildman–Crippen LogP) is 5.53. The molecular weight excluding hydrogens is 393 g/mol. The van der Waals surface area contributed by atoms with Crippen LogP contribution in [0.3, 0.4) is 0 Å². The molecule has 0 aliphatic rings. The van der Waals surface area contributed by atoms with E-state index < -0.39 is 28.1 Å². The topological polar surface area (TPSA) is 48.7 Å². The fourth-order valence-electron chi connectivity index (χ4n) is 1.62. The summed E-state index contributed by atoms with van der Waals surface area (Å²) in [5.74, 6) is 0. The van der Waals surface area contributed by atoms with Crippen LogP contribution < -0.4 is 5.32 Å². The number of nitrogens with zero attached hydrogens (tertiary/aromatic N) is 2. The van der Waals surface area contributed by atoms with Crippen LogP contribution in [0.2, 0.25) is 4.47 Å². The van der Waals surface area contributed by atoms with E-state index in [-0.39, 0.29) is 17.8 Å². The third kappa shape index (κ3) is 4.28. The average Bonchev–Trinajstić information content (AvgIpc) is 2.89. The number of aromatic nitrogens is 1. The van der Waals surface area contributed by atoms with Crippen LogP contribution in [0.5, 0.6) is 0 Å². The monoisotopic (exact) mass is 399 g/mol. The summed E-state index contributed by atoms with van der Waals surface area (Å²) in [5, 5.41) is 6.95. The molecule has 0 bridgehead atoms. The second-order valence-electron chi connectivity index (χ2n) is 4.34. The molecule has 0 saturated carbocycles. The van der Waals surface area contributed by atoms with Gasteiger partial charge in [-0.3, -0.25) is 0 Å².